The topological polar surface area (TPSA) is 26.2 Å². The second-order valence-electron chi connectivity index (χ2n) is 5.61. The molecule has 0 bridgehead atoms. The Kier molecular flexibility index (Phi) is 5.48. The van der Waals surface area contributed by atoms with Gasteiger partial charge in [-0.2, -0.15) is 0 Å². The van der Waals surface area contributed by atoms with Crippen LogP contribution in [-0.2, 0) is 6.54 Å². The quantitative estimate of drug-likeness (QED) is 0.743. The maximum Gasteiger partial charge on any atom is 0.120 e. The molecule has 0 amide bonds. The van der Waals surface area contributed by atoms with Gasteiger partial charge in [0.05, 0.1) is 6.61 Å². The van der Waals surface area contributed by atoms with Crippen molar-refractivity contribution < 1.29 is 4.74 Å². The Morgan fingerprint density at radius 2 is 2.10 bits per heavy atom. The molecule has 20 heavy (non-hydrogen) atoms. The van der Waals surface area contributed by atoms with Gasteiger partial charge in [-0.1, -0.05) is 13.8 Å². The van der Waals surface area contributed by atoms with Crippen molar-refractivity contribution in [2.24, 2.45) is 5.92 Å². The molecule has 0 aliphatic rings. The van der Waals surface area contributed by atoms with Crippen LogP contribution in [0, 0.1) is 5.92 Å². The minimum Gasteiger partial charge on any atom is -0.494 e. The fourth-order valence-corrected chi connectivity index (χ4v) is 2.39. The van der Waals surface area contributed by atoms with Crippen molar-refractivity contribution in [2.45, 2.75) is 33.7 Å². The van der Waals surface area contributed by atoms with Crippen LogP contribution in [-0.4, -0.2) is 24.3 Å². The average molecular weight is 274 g/mol. The van der Waals surface area contributed by atoms with Crippen molar-refractivity contribution in [3.63, 3.8) is 0 Å². The summed E-state index contributed by atoms with van der Waals surface area (Å²) in [6.45, 7) is 10.4. The largest absolute Gasteiger partial charge is 0.494 e. The summed E-state index contributed by atoms with van der Waals surface area (Å²) in [5, 5.41) is 4.74. The summed E-state index contributed by atoms with van der Waals surface area (Å²) in [4.78, 5) is 0. The lowest BCUT2D eigenvalue weighted by Gasteiger charge is -2.09. The van der Waals surface area contributed by atoms with Crippen LogP contribution < -0.4 is 10.1 Å². The van der Waals surface area contributed by atoms with Crippen molar-refractivity contribution in [2.75, 3.05) is 19.7 Å². The van der Waals surface area contributed by atoms with Gasteiger partial charge in [0.25, 0.3) is 0 Å². The van der Waals surface area contributed by atoms with Crippen molar-refractivity contribution in [3.8, 4) is 5.75 Å². The lowest BCUT2D eigenvalue weighted by Crippen LogP contribution is -2.21. The number of fused-ring (bicyclic) bond motifs is 1. The Labute approximate surface area is 121 Å². The molecule has 0 aliphatic carbocycles. The van der Waals surface area contributed by atoms with Crippen LogP contribution >= 0.6 is 0 Å². The monoisotopic (exact) mass is 274 g/mol. The normalized spacial score (nSPS) is 11.4. The number of aromatic nitrogens is 1. The Morgan fingerprint density at radius 1 is 1.25 bits per heavy atom. The van der Waals surface area contributed by atoms with Gasteiger partial charge in [0.1, 0.15) is 5.75 Å². The number of rotatable bonds is 8. The van der Waals surface area contributed by atoms with Crippen LogP contribution in [0.3, 0.4) is 0 Å². The molecule has 2 rings (SSSR count). The fourth-order valence-electron chi connectivity index (χ4n) is 2.39. The van der Waals surface area contributed by atoms with E-state index in [1.165, 1.54) is 10.9 Å². The summed E-state index contributed by atoms with van der Waals surface area (Å²) >= 11 is 0. The summed E-state index contributed by atoms with van der Waals surface area (Å²) < 4.78 is 7.86. The van der Waals surface area contributed by atoms with Crippen LogP contribution in [0.5, 0.6) is 5.75 Å². The first-order valence-corrected chi connectivity index (χ1v) is 7.63. The first kappa shape index (κ1) is 14.9. The number of benzene rings is 1. The van der Waals surface area contributed by atoms with E-state index in [0.717, 1.165) is 37.7 Å². The van der Waals surface area contributed by atoms with Crippen LogP contribution in [0.25, 0.3) is 10.9 Å². The van der Waals surface area contributed by atoms with E-state index in [2.05, 4.69) is 54.2 Å². The van der Waals surface area contributed by atoms with Crippen LogP contribution in [0.2, 0.25) is 0 Å². The molecule has 3 heteroatoms. The third kappa shape index (κ3) is 4.01. The molecule has 0 unspecified atom stereocenters. The molecule has 0 spiro atoms. The van der Waals surface area contributed by atoms with Gasteiger partial charge in [-0.25, -0.2) is 0 Å². The minimum atomic E-state index is 0.716. The van der Waals surface area contributed by atoms with Crippen LogP contribution in [0.15, 0.2) is 30.5 Å². The third-order valence-corrected chi connectivity index (χ3v) is 3.36. The molecule has 0 saturated carbocycles. The molecule has 0 aliphatic heterocycles. The standard InChI is InChI=1S/C17H26N2O/c1-4-20-16-6-7-17-15(12-16)8-11-19(17)10-5-9-18-13-14(2)3/h6-8,11-12,14,18H,4-5,9-10,13H2,1-3H3. The molecule has 1 N–H and O–H groups in total. The predicted molar refractivity (Wildman–Crippen MR) is 85.4 cm³/mol. The maximum absolute atomic E-state index is 5.54. The highest BCUT2D eigenvalue weighted by Gasteiger charge is 2.02. The van der Waals surface area contributed by atoms with E-state index in [1.54, 1.807) is 0 Å². The summed E-state index contributed by atoms with van der Waals surface area (Å²) in [5.41, 5.74) is 1.29. The van der Waals surface area contributed by atoms with Gasteiger partial charge in [0.2, 0.25) is 0 Å². The highest BCUT2D eigenvalue weighted by Crippen LogP contribution is 2.22. The second kappa shape index (κ2) is 7.34. The van der Waals surface area contributed by atoms with Gasteiger partial charge in [-0.15, -0.1) is 0 Å². The molecule has 1 heterocycles. The highest BCUT2D eigenvalue weighted by molar-refractivity contribution is 5.81. The highest BCUT2D eigenvalue weighted by atomic mass is 16.5. The van der Waals surface area contributed by atoms with Crippen molar-refractivity contribution in [1.82, 2.24) is 9.88 Å². The zero-order chi connectivity index (χ0) is 14.4. The van der Waals surface area contributed by atoms with Crippen molar-refractivity contribution in [1.29, 1.82) is 0 Å². The zero-order valence-corrected chi connectivity index (χ0v) is 12.9. The number of hydrogen-bond acceptors (Lipinski definition) is 2. The summed E-state index contributed by atoms with van der Waals surface area (Å²) in [6.07, 6.45) is 3.33. The van der Waals surface area contributed by atoms with E-state index in [9.17, 15) is 0 Å². The van der Waals surface area contributed by atoms with E-state index in [-0.39, 0.29) is 0 Å². The SMILES string of the molecule is CCOc1ccc2c(ccn2CCCNCC(C)C)c1. The van der Waals surface area contributed by atoms with Crippen LogP contribution in [0.1, 0.15) is 27.2 Å². The van der Waals surface area contributed by atoms with Gasteiger partial charge in [0.15, 0.2) is 0 Å². The van der Waals surface area contributed by atoms with Gasteiger partial charge in [-0.05, 0) is 56.6 Å². The molecule has 0 saturated heterocycles. The van der Waals surface area contributed by atoms with Gasteiger partial charge in [0, 0.05) is 23.6 Å². The molecule has 110 valence electrons. The molecule has 1 aromatic carbocycles. The molecule has 0 radical (unpaired) electrons. The molecular weight excluding hydrogens is 248 g/mol. The zero-order valence-electron chi connectivity index (χ0n) is 12.9. The molecule has 2 aromatic rings. The number of ether oxygens (including phenoxy) is 1. The number of hydrogen-bond donors (Lipinski definition) is 1. The van der Waals surface area contributed by atoms with E-state index < -0.39 is 0 Å². The Morgan fingerprint density at radius 3 is 2.85 bits per heavy atom. The molecule has 0 atom stereocenters. The van der Waals surface area contributed by atoms with E-state index in [0.29, 0.717) is 6.61 Å². The summed E-state index contributed by atoms with van der Waals surface area (Å²) in [5.74, 6) is 1.68. The average Bonchev–Trinajstić information content (AvgIpc) is 2.81. The van der Waals surface area contributed by atoms with Gasteiger partial charge >= 0.3 is 0 Å². The Balaban J connectivity index is 1.90. The Hall–Kier alpha value is -1.48. The molecule has 0 fully saturated rings. The molecule has 3 nitrogen and oxygen atoms in total. The predicted octanol–water partition coefficient (Wildman–Crippen LogP) is 3.68. The van der Waals surface area contributed by atoms with Gasteiger partial charge < -0.3 is 14.6 Å². The summed E-state index contributed by atoms with van der Waals surface area (Å²) in [7, 11) is 0. The molecular formula is C17H26N2O. The first-order valence-electron chi connectivity index (χ1n) is 7.63. The van der Waals surface area contributed by atoms with Crippen molar-refractivity contribution in [3.05, 3.63) is 30.5 Å². The fraction of sp³-hybridized carbons (Fsp3) is 0.529. The number of nitrogens with one attached hydrogen (secondary N) is 1. The minimum absolute atomic E-state index is 0.716. The van der Waals surface area contributed by atoms with E-state index in [4.69, 9.17) is 4.74 Å². The van der Waals surface area contributed by atoms with E-state index >= 15 is 0 Å². The molecule has 1 aromatic heterocycles. The van der Waals surface area contributed by atoms with Crippen molar-refractivity contribution >= 4 is 10.9 Å². The summed E-state index contributed by atoms with van der Waals surface area (Å²) in [6, 6.07) is 8.49. The maximum atomic E-state index is 5.54. The van der Waals surface area contributed by atoms with Gasteiger partial charge in [-0.3, -0.25) is 0 Å². The number of aryl methyl sites for hydroxylation is 1. The lowest BCUT2D eigenvalue weighted by atomic mass is 10.2. The lowest BCUT2D eigenvalue weighted by molar-refractivity contribution is 0.340. The Bertz CT molecular complexity index is 531. The second-order valence-corrected chi connectivity index (χ2v) is 5.61. The van der Waals surface area contributed by atoms with E-state index in [1.807, 2.05) is 6.92 Å². The third-order valence-electron chi connectivity index (χ3n) is 3.36. The number of nitrogens with zero attached hydrogens (tertiary/aromatic N) is 1. The smallest absolute Gasteiger partial charge is 0.120 e. The van der Waals surface area contributed by atoms with Crippen LogP contribution in [0.4, 0.5) is 0 Å². The first-order chi connectivity index (χ1) is 9.70.